The molecule has 6 nitrogen and oxygen atoms in total. The first-order valence-corrected chi connectivity index (χ1v) is 12.1. The van der Waals surface area contributed by atoms with Gasteiger partial charge in [0.15, 0.2) is 0 Å². The van der Waals surface area contributed by atoms with E-state index in [0.29, 0.717) is 17.8 Å². The van der Waals surface area contributed by atoms with Gasteiger partial charge in [-0.2, -0.15) is 0 Å². The predicted octanol–water partition coefficient (Wildman–Crippen LogP) is 3.85. The molecule has 3 rings (SSSR count). The van der Waals surface area contributed by atoms with Gasteiger partial charge in [-0.25, -0.2) is 13.1 Å². The third kappa shape index (κ3) is 6.06. The molecule has 0 aliphatic carbocycles. The van der Waals surface area contributed by atoms with Gasteiger partial charge in [0.2, 0.25) is 15.9 Å². The number of sulfonamides is 1. The van der Waals surface area contributed by atoms with E-state index in [2.05, 4.69) is 39.2 Å². The molecule has 1 heterocycles. The van der Waals surface area contributed by atoms with Gasteiger partial charge in [0.25, 0.3) is 0 Å². The average molecular weight is 430 g/mol. The van der Waals surface area contributed by atoms with Crippen LogP contribution in [0.3, 0.4) is 0 Å². The zero-order valence-corrected chi connectivity index (χ0v) is 18.6. The molecule has 7 heteroatoms. The summed E-state index contributed by atoms with van der Waals surface area (Å²) in [6, 6.07) is 13.4. The van der Waals surface area contributed by atoms with Gasteiger partial charge in [-0.05, 0) is 80.5 Å². The Labute approximate surface area is 179 Å². The summed E-state index contributed by atoms with van der Waals surface area (Å²) in [7, 11) is -3.58. The number of nitrogens with one attached hydrogen (secondary N) is 2. The van der Waals surface area contributed by atoms with E-state index in [1.54, 1.807) is 19.1 Å². The second kappa shape index (κ2) is 10.1. The first-order valence-electron chi connectivity index (χ1n) is 10.6. The Morgan fingerprint density at radius 1 is 1.03 bits per heavy atom. The van der Waals surface area contributed by atoms with Crippen LogP contribution >= 0.6 is 0 Å². The lowest BCUT2D eigenvalue weighted by molar-refractivity contribution is -0.114. The Hall–Kier alpha value is -2.38. The molecule has 1 aliphatic rings. The fourth-order valence-electron chi connectivity index (χ4n) is 3.83. The smallest absolute Gasteiger partial charge is 0.240 e. The highest BCUT2D eigenvalue weighted by Gasteiger charge is 2.16. The highest BCUT2D eigenvalue weighted by molar-refractivity contribution is 7.89. The molecule has 0 atom stereocenters. The fraction of sp³-hybridized carbons (Fsp3) is 0.435. The number of carbonyl (C=O) groups excluding carboxylic acids is 1. The lowest BCUT2D eigenvalue weighted by atomic mass is 10.1. The van der Waals surface area contributed by atoms with Crippen molar-refractivity contribution in [3.63, 3.8) is 0 Å². The summed E-state index contributed by atoms with van der Waals surface area (Å²) in [6.45, 7) is 5.79. The maximum atomic E-state index is 12.6. The monoisotopic (exact) mass is 429 g/mol. The van der Waals surface area contributed by atoms with Crippen LogP contribution in [0.1, 0.15) is 43.7 Å². The number of piperidine rings is 1. The molecule has 0 unspecified atom stereocenters. The van der Waals surface area contributed by atoms with Crippen molar-refractivity contribution in [3.05, 3.63) is 53.6 Å². The summed E-state index contributed by atoms with van der Waals surface area (Å²) < 4.78 is 27.9. The number of benzene rings is 2. The third-order valence-corrected chi connectivity index (χ3v) is 7.00. The molecule has 30 heavy (non-hydrogen) atoms. The molecule has 2 aromatic carbocycles. The summed E-state index contributed by atoms with van der Waals surface area (Å²) >= 11 is 0. The van der Waals surface area contributed by atoms with Gasteiger partial charge in [-0.3, -0.25) is 4.79 Å². The Morgan fingerprint density at radius 2 is 1.73 bits per heavy atom. The summed E-state index contributed by atoms with van der Waals surface area (Å²) in [5, 5.41) is 2.66. The number of amides is 1. The fourth-order valence-corrected chi connectivity index (χ4v) is 5.13. The van der Waals surface area contributed by atoms with Crippen LogP contribution in [0.15, 0.2) is 47.4 Å². The van der Waals surface area contributed by atoms with Gasteiger partial charge < -0.3 is 10.2 Å². The van der Waals surface area contributed by atoms with E-state index in [0.717, 1.165) is 25.9 Å². The topological polar surface area (TPSA) is 78.5 Å². The highest BCUT2D eigenvalue weighted by Crippen LogP contribution is 2.21. The quantitative estimate of drug-likeness (QED) is 0.625. The van der Waals surface area contributed by atoms with Crippen LogP contribution in [0.4, 0.5) is 11.4 Å². The van der Waals surface area contributed by atoms with E-state index < -0.39 is 10.0 Å². The van der Waals surface area contributed by atoms with Crippen LogP contribution in [0.25, 0.3) is 0 Å². The molecule has 1 saturated heterocycles. The van der Waals surface area contributed by atoms with E-state index in [9.17, 15) is 13.2 Å². The van der Waals surface area contributed by atoms with Crippen LogP contribution < -0.4 is 14.9 Å². The summed E-state index contributed by atoms with van der Waals surface area (Å²) in [6.07, 6.45) is 5.40. The molecule has 1 aliphatic heterocycles. The van der Waals surface area contributed by atoms with Gasteiger partial charge in [0.05, 0.1) is 4.90 Å². The number of carbonyl (C=O) groups is 1. The van der Waals surface area contributed by atoms with Crippen molar-refractivity contribution in [1.29, 1.82) is 0 Å². The van der Waals surface area contributed by atoms with Crippen molar-refractivity contribution >= 4 is 27.3 Å². The maximum absolute atomic E-state index is 12.6. The lowest BCUT2D eigenvalue weighted by Crippen LogP contribution is -2.29. The van der Waals surface area contributed by atoms with E-state index in [4.69, 9.17) is 0 Å². The Kier molecular flexibility index (Phi) is 7.50. The van der Waals surface area contributed by atoms with E-state index in [-0.39, 0.29) is 10.8 Å². The number of aryl methyl sites for hydroxylation is 2. The van der Waals surface area contributed by atoms with Crippen molar-refractivity contribution in [2.75, 3.05) is 29.9 Å². The normalized spacial score (nSPS) is 14.5. The number of hydrogen-bond donors (Lipinski definition) is 2. The van der Waals surface area contributed by atoms with Crippen LogP contribution in [-0.4, -0.2) is 34.0 Å². The van der Waals surface area contributed by atoms with Gasteiger partial charge in [-0.1, -0.05) is 12.1 Å². The second-order valence-electron chi connectivity index (χ2n) is 7.88. The predicted molar refractivity (Wildman–Crippen MR) is 121 cm³/mol. The zero-order chi connectivity index (χ0) is 21.6. The molecular formula is C23H31N3O3S. The van der Waals surface area contributed by atoms with E-state index in [1.165, 1.54) is 43.5 Å². The summed E-state index contributed by atoms with van der Waals surface area (Å²) in [4.78, 5) is 13.8. The first-order chi connectivity index (χ1) is 14.3. The number of rotatable bonds is 8. The largest absolute Gasteiger partial charge is 0.372 e. The van der Waals surface area contributed by atoms with Gasteiger partial charge in [-0.15, -0.1) is 0 Å². The van der Waals surface area contributed by atoms with Crippen LogP contribution in [-0.2, 0) is 21.2 Å². The van der Waals surface area contributed by atoms with Crippen molar-refractivity contribution in [2.45, 2.75) is 50.8 Å². The van der Waals surface area contributed by atoms with Crippen molar-refractivity contribution in [3.8, 4) is 0 Å². The average Bonchev–Trinajstić information content (AvgIpc) is 2.72. The molecule has 0 bridgehead atoms. The van der Waals surface area contributed by atoms with Gasteiger partial charge >= 0.3 is 0 Å². The minimum atomic E-state index is -3.58. The molecule has 2 aromatic rings. The highest BCUT2D eigenvalue weighted by atomic mass is 32.2. The minimum Gasteiger partial charge on any atom is -0.372 e. The van der Waals surface area contributed by atoms with Gasteiger partial charge in [0, 0.05) is 37.9 Å². The van der Waals surface area contributed by atoms with E-state index in [1.807, 2.05) is 0 Å². The number of nitrogens with zero attached hydrogens (tertiary/aromatic N) is 1. The molecular weight excluding hydrogens is 398 g/mol. The second-order valence-corrected chi connectivity index (χ2v) is 9.61. The molecule has 0 spiro atoms. The Balaban J connectivity index is 1.50. The van der Waals surface area contributed by atoms with Crippen molar-refractivity contribution < 1.29 is 13.2 Å². The molecule has 162 valence electrons. The SMILES string of the molecule is CC(=O)Nc1ccc(S(=O)(=O)NCCCc2ccc(N3CCCCC3)cc2)c(C)c1. The van der Waals surface area contributed by atoms with E-state index >= 15 is 0 Å². The van der Waals surface area contributed by atoms with Crippen LogP contribution in [0, 0.1) is 6.92 Å². The minimum absolute atomic E-state index is 0.188. The molecule has 1 amide bonds. The zero-order valence-electron chi connectivity index (χ0n) is 17.8. The third-order valence-electron chi connectivity index (χ3n) is 5.38. The molecule has 0 saturated carbocycles. The molecule has 2 N–H and O–H groups in total. The molecule has 1 fully saturated rings. The lowest BCUT2D eigenvalue weighted by Gasteiger charge is -2.28. The first kappa shape index (κ1) is 22.3. The van der Waals surface area contributed by atoms with Gasteiger partial charge in [0.1, 0.15) is 0 Å². The number of hydrogen-bond acceptors (Lipinski definition) is 4. The summed E-state index contributed by atoms with van der Waals surface area (Å²) in [5.41, 5.74) is 3.68. The van der Waals surface area contributed by atoms with Crippen molar-refractivity contribution in [1.82, 2.24) is 4.72 Å². The van der Waals surface area contributed by atoms with Crippen molar-refractivity contribution in [2.24, 2.45) is 0 Å². The Bertz CT molecular complexity index is 966. The Morgan fingerprint density at radius 3 is 2.37 bits per heavy atom. The van der Waals surface area contributed by atoms with Crippen LogP contribution in [0.5, 0.6) is 0 Å². The molecule has 0 radical (unpaired) electrons. The number of anilines is 2. The standard InChI is InChI=1S/C23H31N3O3S/c1-18-17-21(25-19(2)27)10-13-23(18)30(28,29)24-14-6-7-20-8-11-22(12-9-20)26-15-4-3-5-16-26/h8-13,17,24H,3-7,14-16H2,1-2H3,(H,25,27). The summed E-state index contributed by atoms with van der Waals surface area (Å²) in [5.74, 6) is -0.188. The van der Waals surface area contributed by atoms with Crippen LogP contribution in [0.2, 0.25) is 0 Å². The molecule has 0 aromatic heterocycles. The maximum Gasteiger partial charge on any atom is 0.240 e.